The molecule has 0 aliphatic rings. The number of carboxylic acid groups (broad SMARTS) is 1. The molecular weight excluding hydrogens is 364 g/mol. The number of nitro benzene ring substituents is 2. The lowest BCUT2D eigenvalue weighted by Gasteiger charge is -2.11. The number of urea groups is 1. The third-order valence-electron chi connectivity index (χ3n) is 3.15. The van der Waals surface area contributed by atoms with E-state index in [2.05, 4.69) is 21.7 Å². The Hall–Kier alpha value is -4.42. The maximum Gasteiger partial charge on any atom is 0.352 e. The lowest BCUT2D eigenvalue weighted by atomic mass is 10.2. The van der Waals surface area contributed by atoms with E-state index in [0.29, 0.717) is 5.69 Å². The normalized spacial score (nSPS) is 9.78. The third-order valence-corrected chi connectivity index (χ3v) is 3.15. The molecule has 0 spiro atoms. The smallest absolute Gasteiger partial charge is 0.352 e. The predicted molar refractivity (Wildman–Crippen MR) is 92.1 cm³/mol. The summed E-state index contributed by atoms with van der Waals surface area (Å²) < 4.78 is 0. The van der Waals surface area contributed by atoms with Crippen molar-refractivity contribution in [3.05, 3.63) is 68.3 Å². The highest BCUT2D eigenvalue weighted by molar-refractivity contribution is 5.88. The fourth-order valence-corrected chi connectivity index (χ4v) is 1.87. The topological polar surface area (TPSA) is 189 Å². The predicted octanol–water partition coefficient (Wildman–Crippen LogP) is 1.85. The van der Waals surface area contributed by atoms with E-state index in [4.69, 9.17) is 5.11 Å². The standard InChI is InChI=1S/C14H12N6O7/c21-13(22)8-1-3-9(4-2-8)15-17-14(23)18-16-11-6-5-10(19(24)25)7-12(11)20(26)27/h1-7,15-16H,(H,21,22)(H2,17,18,23). The molecule has 13 heteroatoms. The van der Waals surface area contributed by atoms with Gasteiger partial charge in [0.25, 0.3) is 5.69 Å². The van der Waals surface area contributed by atoms with Crippen LogP contribution >= 0.6 is 0 Å². The van der Waals surface area contributed by atoms with Crippen LogP contribution in [0.5, 0.6) is 0 Å². The number of rotatable bonds is 7. The number of hydrazine groups is 2. The molecule has 0 radical (unpaired) electrons. The van der Waals surface area contributed by atoms with Crippen molar-refractivity contribution in [3.63, 3.8) is 0 Å². The van der Waals surface area contributed by atoms with Crippen LogP contribution in [0.25, 0.3) is 0 Å². The van der Waals surface area contributed by atoms with Crippen LogP contribution in [0, 0.1) is 20.2 Å². The molecule has 0 unspecified atom stereocenters. The third kappa shape index (κ3) is 5.02. The monoisotopic (exact) mass is 376 g/mol. The minimum Gasteiger partial charge on any atom is -0.478 e. The highest BCUT2D eigenvalue weighted by Gasteiger charge is 2.19. The lowest BCUT2D eigenvalue weighted by Crippen LogP contribution is -2.41. The van der Waals surface area contributed by atoms with Crippen molar-refractivity contribution in [2.24, 2.45) is 0 Å². The van der Waals surface area contributed by atoms with Gasteiger partial charge < -0.3 is 5.11 Å². The molecule has 2 amide bonds. The average Bonchev–Trinajstić information content (AvgIpc) is 2.64. The van der Waals surface area contributed by atoms with E-state index < -0.39 is 33.2 Å². The van der Waals surface area contributed by atoms with E-state index >= 15 is 0 Å². The van der Waals surface area contributed by atoms with Gasteiger partial charge in [-0.05, 0) is 30.3 Å². The number of amides is 2. The Morgan fingerprint density at radius 2 is 1.52 bits per heavy atom. The lowest BCUT2D eigenvalue weighted by molar-refractivity contribution is -0.393. The molecule has 0 bridgehead atoms. The van der Waals surface area contributed by atoms with Crippen molar-refractivity contribution in [1.82, 2.24) is 10.9 Å². The number of anilines is 2. The van der Waals surface area contributed by atoms with Crippen LogP contribution in [-0.2, 0) is 0 Å². The number of nitrogens with one attached hydrogen (secondary N) is 4. The minimum atomic E-state index is -1.10. The van der Waals surface area contributed by atoms with Crippen molar-refractivity contribution in [3.8, 4) is 0 Å². The van der Waals surface area contributed by atoms with Crippen molar-refractivity contribution in [1.29, 1.82) is 0 Å². The fraction of sp³-hybridized carbons (Fsp3) is 0. The SMILES string of the molecule is O=C(NNc1ccc(C(=O)O)cc1)NNc1ccc([N+](=O)[O-])cc1[N+](=O)[O-]. The first kappa shape index (κ1) is 18.9. The Labute approximate surface area is 150 Å². The van der Waals surface area contributed by atoms with Gasteiger partial charge in [0.2, 0.25) is 0 Å². The Morgan fingerprint density at radius 1 is 0.889 bits per heavy atom. The number of hydrogen-bond donors (Lipinski definition) is 5. The number of non-ortho nitro benzene ring substituents is 1. The zero-order chi connectivity index (χ0) is 20.0. The molecule has 0 aliphatic carbocycles. The van der Waals surface area contributed by atoms with Gasteiger partial charge in [0, 0.05) is 6.07 Å². The van der Waals surface area contributed by atoms with Crippen LogP contribution in [0.4, 0.5) is 27.5 Å². The van der Waals surface area contributed by atoms with Crippen molar-refractivity contribution < 1.29 is 24.5 Å². The van der Waals surface area contributed by atoms with Gasteiger partial charge in [-0.25, -0.2) is 15.0 Å². The summed E-state index contributed by atoms with van der Waals surface area (Å²) in [6.45, 7) is 0. The molecule has 0 atom stereocenters. The Morgan fingerprint density at radius 3 is 2.07 bits per heavy atom. The zero-order valence-electron chi connectivity index (χ0n) is 13.3. The van der Waals surface area contributed by atoms with Gasteiger partial charge >= 0.3 is 17.7 Å². The summed E-state index contributed by atoms with van der Waals surface area (Å²) in [5, 5.41) is 30.4. The molecule has 0 heterocycles. The number of benzene rings is 2. The minimum absolute atomic E-state index is 0.0668. The second kappa shape index (κ2) is 8.11. The van der Waals surface area contributed by atoms with E-state index in [0.717, 1.165) is 18.2 Å². The second-order valence-corrected chi connectivity index (χ2v) is 4.93. The van der Waals surface area contributed by atoms with Gasteiger partial charge in [0.15, 0.2) is 0 Å². The van der Waals surface area contributed by atoms with Gasteiger partial charge in [0.05, 0.1) is 27.2 Å². The molecular formula is C14H12N6O7. The summed E-state index contributed by atoms with van der Waals surface area (Å²) >= 11 is 0. The molecule has 0 aliphatic heterocycles. The molecule has 0 fully saturated rings. The van der Waals surface area contributed by atoms with Crippen LogP contribution in [-0.4, -0.2) is 27.0 Å². The molecule has 2 aromatic rings. The van der Waals surface area contributed by atoms with Crippen molar-refractivity contribution in [2.75, 3.05) is 10.9 Å². The number of nitro groups is 2. The number of hydrogen-bond acceptors (Lipinski definition) is 8. The average molecular weight is 376 g/mol. The molecule has 5 N–H and O–H groups in total. The maximum absolute atomic E-state index is 11.7. The van der Waals surface area contributed by atoms with Crippen LogP contribution in [0.2, 0.25) is 0 Å². The molecule has 2 rings (SSSR count). The first-order valence-electron chi connectivity index (χ1n) is 7.12. The Kier molecular flexibility index (Phi) is 5.68. The molecule has 0 saturated carbocycles. The molecule has 2 aromatic carbocycles. The van der Waals surface area contributed by atoms with Gasteiger partial charge in [-0.3, -0.25) is 36.5 Å². The van der Waals surface area contributed by atoms with Gasteiger partial charge in [-0.1, -0.05) is 0 Å². The van der Waals surface area contributed by atoms with E-state index in [1.54, 1.807) is 0 Å². The highest BCUT2D eigenvalue weighted by atomic mass is 16.6. The van der Waals surface area contributed by atoms with Gasteiger partial charge in [-0.15, -0.1) is 0 Å². The van der Waals surface area contributed by atoms with E-state index in [1.165, 1.54) is 24.3 Å². The summed E-state index contributed by atoms with van der Waals surface area (Å²) in [6.07, 6.45) is 0. The maximum atomic E-state index is 11.7. The molecule has 0 saturated heterocycles. The number of nitrogens with zero attached hydrogens (tertiary/aromatic N) is 2. The van der Waals surface area contributed by atoms with Crippen LogP contribution < -0.4 is 21.7 Å². The van der Waals surface area contributed by atoms with Crippen LogP contribution in [0.3, 0.4) is 0 Å². The van der Waals surface area contributed by atoms with Crippen molar-refractivity contribution in [2.45, 2.75) is 0 Å². The van der Waals surface area contributed by atoms with Crippen molar-refractivity contribution >= 4 is 34.7 Å². The van der Waals surface area contributed by atoms with Gasteiger partial charge in [-0.2, -0.15) is 0 Å². The van der Waals surface area contributed by atoms with Crippen LogP contribution in [0.15, 0.2) is 42.5 Å². The molecule has 27 heavy (non-hydrogen) atoms. The first-order valence-corrected chi connectivity index (χ1v) is 7.12. The summed E-state index contributed by atoms with van der Waals surface area (Å²) in [5.74, 6) is -1.10. The van der Waals surface area contributed by atoms with Crippen LogP contribution in [0.1, 0.15) is 10.4 Å². The van der Waals surface area contributed by atoms with E-state index in [-0.39, 0.29) is 11.3 Å². The number of carbonyl (C=O) groups excluding carboxylic acids is 1. The van der Waals surface area contributed by atoms with E-state index in [1.807, 2.05) is 0 Å². The molecule has 0 aromatic heterocycles. The zero-order valence-corrected chi connectivity index (χ0v) is 13.3. The number of carbonyl (C=O) groups is 2. The first-order chi connectivity index (χ1) is 12.8. The Balaban J connectivity index is 1.94. The summed E-state index contributed by atoms with van der Waals surface area (Å²) in [6, 6.07) is 7.52. The quantitative estimate of drug-likeness (QED) is 0.354. The second-order valence-electron chi connectivity index (χ2n) is 4.93. The molecule has 140 valence electrons. The van der Waals surface area contributed by atoms with E-state index in [9.17, 15) is 29.8 Å². The number of aromatic carboxylic acids is 1. The Bertz CT molecular complexity index is 899. The highest BCUT2D eigenvalue weighted by Crippen LogP contribution is 2.28. The number of carboxylic acids is 1. The summed E-state index contributed by atoms with van der Waals surface area (Å²) in [4.78, 5) is 42.5. The largest absolute Gasteiger partial charge is 0.478 e. The van der Waals surface area contributed by atoms with Gasteiger partial charge in [0.1, 0.15) is 5.69 Å². The fourth-order valence-electron chi connectivity index (χ4n) is 1.87. The summed E-state index contributed by atoms with van der Waals surface area (Å²) in [7, 11) is 0. The summed E-state index contributed by atoms with van der Waals surface area (Å²) in [5.41, 5.74) is 8.31. The molecule has 13 nitrogen and oxygen atoms in total.